The van der Waals surface area contributed by atoms with E-state index in [1.54, 1.807) is 4.90 Å². The Morgan fingerprint density at radius 1 is 1.46 bits per heavy atom. The number of nitrogens with zero attached hydrogens (tertiary/aromatic N) is 2. The van der Waals surface area contributed by atoms with E-state index in [-0.39, 0.29) is 36.1 Å². The lowest BCUT2D eigenvalue weighted by Crippen LogP contribution is -2.48. The Morgan fingerprint density at radius 3 is 2.67 bits per heavy atom. The molecule has 24 heavy (non-hydrogen) atoms. The molecular weight excluding hydrogens is 423 g/mol. The molecule has 1 aliphatic rings. The molecule has 1 fully saturated rings. The lowest BCUT2D eigenvalue weighted by molar-refractivity contribution is 0.0963. The van der Waals surface area contributed by atoms with Crippen LogP contribution in [0.4, 0.5) is 4.79 Å². The van der Waals surface area contributed by atoms with Gasteiger partial charge < -0.3 is 25.1 Å². The summed E-state index contributed by atoms with van der Waals surface area (Å²) in [6, 6.07) is 2.21. The van der Waals surface area contributed by atoms with Crippen molar-refractivity contribution in [3.8, 4) is 0 Å². The number of furan rings is 1. The smallest absolute Gasteiger partial charge is 0.409 e. The highest BCUT2D eigenvalue weighted by molar-refractivity contribution is 14.0. The summed E-state index contributed by atoms with van der Waals surface area (Å²) in [4.78, 5) is 17.7. The fourth-order valence-corrected chi connectivity index (χ4v) is 2.69. The van der Waals surface area contributed by atoms with Gasteiger partial charge in [-0.1, -0.05) is 0 Å². The zero-order chi connectivity index (χ0) is 16.8. The Kier molecular flexibility index (Phi) is 8.37. The standard InChI is InChI=1S/C16H26N4O3.HI/c1-4-22-16(21)20-7-5-14(6-8-20)19-15(17)18-10-13-9-11(2)23-12(13)3;/h9,14H,4-8,10H2,1-3H3,(H3,17,18,19);1H. The third-order valence-electron chi connectivity index (χ3n) is 3.94. The van der Waals surface area contributed by atoms with Crippen LogP contribution in [0.25, 0.3) is 0 Å². The van der Waals surface area contributed by atoms with Gasteiger partial charge in [0.15, 0.2) is 5.96 Å². The zero-order valence-corrected chi connectivity index (χ0v) is 16.8. The molecule has 1 aliphatic heterocycles. The van der Waals surface area contributed by atoms with Crippen LogP contribution in [0.15, 0.2) is 15.5 Å². The van der Waals surface area contributed by atoms with E-state index in [1.807, 2.05) is 26.8 Å². The van der Waals surface area contributed by atoms with Gasteiger partial charge in [0.2, 0.25) is 0 Å². The molecule has 7 nitrogen and oxygen atoms in total. The molecule has 1 aromatic rings. The van der Waals surface area contributed by atoms with Gasteiger partial charge >= 0.3 is 6.09 Å². The third kappa shape index (κ3) is 5.88. The second-order valence-electron chi connectivity index (χ2n) is 5.74. The van der Waals surface area contributed by atoms with Crippen molar-refractivity contribution in [3.63, 3.8) is 0 Å². The van der Waals surface area contributed by atoms with E-state index < -0.39 is 0 Å². The number of nitrogens with one attached hydrogen (secondary N) is 1. The predicted molar refractivity (Wildman–Crippen MR) is 104 cm³/mol. The number of halogens is 1. The fourth-order valence-electron chi connectivity index (χ4n) is 2.69. The number of guanidine groups is 1. The van der Waals surface area contributed by atoms with Crippen LogP contribution >= 0.6 is 24.0 Å². The van der Waals surface area contributed by atoms with E-state index in [0.717, 1.165) is 29.9 Å². The number of rotatable bonds is 4. The average Bonchev–Trinajstić information content (AvgIpc) is 2.84. The van der Waals surface area contributed by atoms with Gasteiger partial charge in [0.25, 0.3) is 0 Å². The van der Waals surface area contributed by atoms with Gasteiger partial charge in [-0.05, 0) is 39.7 Å². The first-order chi connectivity index (χ1) is 11.0. The van der Waals surface area contributed by atoms with Crippen LogP contribution in [0.3, 0.4) is 0 Å². The second-order valence-corrected chi connectivity index (χ2v) is 5.74. The van der Waals surface area contributed by atoms with Crippen molar-refractivity contribution in [2.24, 2.45) is 10.7 Å². The first kappa shape index (κ1) is 20.6. The van der Waals surface area contributed by atoms with E-state index in [4.69, 9.17) is 14.9 Å². The summed E-state index contributed by atoms with van der Waals surface area (Å²) >= 11 is 0. The van der Waals surface area contributed by atoms with Gasteiger partial charge in [0.05, 0.1) is 13.2 Å². The molecule has 0 aliphatic carbocycles. The molecule has 3 N–H and O–H groups in total. The fraction of sp³-hybridized carbons (Fsp3) is 0.625. The molecule has 0 bridgehead atoms. The Bertz CT molecular complexity index is 566. The first-order valence-electron chi connectivity index (χ1n) is 8.03. The summed E-state index contributed by atoms with van der Waals surface area (Å²) in [6.45, 7) is 7.90. The zero-order valence-electron chi connectivity index (χ0n) is 14.5. The van der Waals surface area contributed by atoms with Crippen molar-refractivity contribution in [2.75, 3.05) is 19.7 Å². The summed E-state index contributed by atoms with van der Waals surface area (Å²) in [5.41, 5.74) is 7.00. The number of likely N-dealkylation sites (tertiary alicyclic amines) is 1. The molecule has 0 unspecified atom stereocenters. The Hall–Kier alpha value is -1.45. The number of hydrogen-bond acceptors (Lipinski definition) is 4. The molecular formula is C16H27IN4O3. The summed E-state index contributed by atoms with van der Waals surface area (Å²) < 4.78 is 10.5. The number of piperidine rings is 1. The van der Waals surface area contributed by atoms with Gasteiger partial charge in [-0.2, -0.15) is 0 Å². The van der Waals surface area contributed by atoms with Crippen LogP contribution in [0, 0.1) is 13.8 Å². The highest BCUT2D eigenvalue weighted by Gasteiger charge is 2.23. The maximum Gasteiger partial charge on any atom is 0.409 e. The van der Waals surface area contributed by atoms with Gasteiger partial charge in [0.1, 0.15) is 11.5 Å². The summed E-state index contributed by atoms with van der Waals surface area (Å²) in [6.07, 6.45) is 1.43. The molecule has 1 saturated heterocycles. The van der Waals surface area contributed by atoms with Crippen molar-refractivity contribution in [3.05, 3.63) is 23.2 Å². The maximum absolute atomic E-state index is 11.6. The first-order valence-corrected chi connectivity index (χ1v) is 8.03. The van der Waals surface area contributed by atoms with Gasteiger partial charge in [-0.15, -0.1) is 24.0 Å². The number of ether oxygens (including phenoxy) is 1. The highest BCUT2D eigenvalue weighted by Crippen LogP contribution is 2.15. The second kappa shape index (κ2) is 9.75. The number of nitrogens with two attached hydrogens (primary N) is 1. The largest absolute Gasteiger partial charge is 0.466 e. The van der Waals surface area contributed by atoms with Crippen molar-refractivity contribution >= 4 is 36.0 Å². The minimum Gasteiger partial charge on any atom is -0.466 e. The summed E-state index contributed by atoms with van der Waals surface area (Å²) in [7, 11) is 0. The van der Waals surface area contributed by atoms with Gasteiger partial charge in [0, 0.05) is 24.7 Å². The van der Waals surface area contributed by atoms with Crippen LogP contribution in [0.1, 0.15) is 36.8 Å². The quantitative estimate of drug-likeness (QED) is 0.418. The third-order valence-corrected chi connectivity index (χ3v) is 3.94. The van der Waals surface area contributed by atoms with Gasteiger partial charge in [-0.25, -0.2) is 9.79 Å². The van der Waals surface area contributed by atoms with Crippen molar-refractivity contribution in [2.45, 2.75) is 46.2 Å². The molecule has 0 saturated carbocycles. The average molecular weight is 450 g/mol. The van der Waals surface area contributed by atoms with E-state index >= 15 is 0 Å². The molecule has 8 heteroatoms. The van der Waals surface area contributed by atoms with Crippen LogP contribution in [-0.4, -0.2) is 42.7 Å². The highest BCUT2D eigenvalue weighted by atomic mass is 127. The normalized spacial score (nSPS) is 15.8. The Morgan fingerprint density at radius 2 is 2.12 bits per heavy atom. The monoisotopic (exact) mass is 450 g/mol. The molecule has 0 radical (unpaired) electrons. The predicted octanol–water partition coefficient (Wildman–Crippen LogP) is 2.54. The van der Waals surface area contributed by atoms with Crippen LogP contribution in [-0.2, 0) is 11.3 Å². The number of aliphatic imine (C=N–C) groups is 1. The van der Waals surface area contributed by atoms with E-state index in [2.05, 4.69) is 10.3 Å². The van der Waals surface area contributed by atoms with Crippen molar-refractivity contribution in [1.29, 1.82) is 0 Å². The minimum absolute atomic E-state index is 0. The molecule has 1 aromatic heterocycles. The SMILES string of the molecule is CCOC(=O)N1CCC(NC(N)=NCc2cc(C)oc2C)CC1.I. The molecule has 2 rings (SSSR count). The molecule has 0 aromatic carbocycles. The van der Waals surface area contributed by atoms with Gasteiger partial charge in [-0.3, -0.25) is 0 Å². The van der Waals surface area contributed by atoms with Crippen molar-refractivity contribution < 1.29 is 13.9 Å². The summed E-state index contributed by atoms with van der Waals surface area (Å²) in [5.74, 6) is 2.19. The van der Waals surface area contributed by atoms with E-state index in [1.165, 1.54) is 0 Å². The number of carbonyl (C=O) groups is 1. The van der Waals surface area contributed by atoms with E-state index in [9.17, 15) is 4.79 Å². The number of amides is 1. The lowest BCUT2D eigenvalue weighted by atomic mass is 10.1. The van der Waals surface area contributed by atoms with Crippen LogP contribution < -0.4 is 11.1 Å². The molecule has 136 valence electrons. The molecule has 0 atom stereocenters. The summed E-state index contributed by atoms with van der Waals surface area (Å²) in [5, 5.41) is 3.23. The molecule has 2 heterocycles. The van der Waals surface area contributed by atoms with E-state index in [0.29, 0.717) is 32.2 Å². The Labute approximate surface area is 160 Å². The number of carbonyl (C=O) groups excluding carboxylic acids is 1. The lowest BCUT2D eigenvalue weighted by Gasteiger charge is -2.31. The molecule has 0 spiro atoms. The topological polar surface area (TPSA) is 93.1 Å². The molecule has 1 amide bonds. The number of aryl methyl sites for hydroxylation is 2. The minimum atomic E-state index is -0.238. The van der Waals surface area contributed by atoms with Crippen LogP contribution in [0.5, 0.6) is 0 Å². The Balaban J connectivity index is 0.00000288. The number of hydrogen-bond donors (Lipinski definition) is 2. The maximum atomic E-state index is 11.6. The van der Waals surface area contributed by atoms with Crippen LogP contribution in [0.2, 0.25) is 0 Å². The van der Waals surface area contributed by atoms with Crippen molar-refractivity contribution in [1.82, 2.24) is 10.2 Å².